The van der Waals surface area contributed by atoms with Crippen LogP contribution in [0.3, 0.4) is 0 Å². The topological polar surface area (TPSA) is 71.1 Å². The molecule has 6 nitrogen and oxygen atoms in total. The summed E-state index contributed by atoms with van der Waals surface area (Å²) in [6, 6.07) is 12.0. The van der Waals surface area contributed by atoms with Gasteiger partial charge in [-0.05, 0) is 29.8 Å². The molecule has 180 valence electrons. The SMILES string of the molecule is C=CC(=O)Oc1ccc(-c2ccc(OCCOc3c(F)cc(OC(=O)C=C)cc3F)cc2F)cc1. The summed E-state index contributed by atoms with van der Waals surface area (Å²) >= 11 is 0. The molecule has 9 heteroatoms. The first-order valence-electron chi connectivity index (χ1n) is 10.1. The summed E-state index contributed by atoms with van der Waals surface area (Å²) in [5.41, 5.74) is 0.834. The van der Waals surface area contributed by atoms with Gasteiger partial charge in [0.25, 0.3) is 0 Å². The second-order valence-corrected chi connectivity index (χ2v) is 6.83. The number of carbonyl (C=O) groups is 2. The van der Waals surface area contributed by atoms with E-state index in [1.807, 2.05) is 0 Å². The molecule has 0 N–H and O–H groups in total. The minimum absolute atomic E-state index is 0.131. The number of esters is 2. The lowest BCUT2D eigenvalue weighted by Gasteiger charge is -2.12. The van der Waals surface area contributed by atoms with Crippen LogP contribution in [0, 0.1) is 17.5 Å². The molecule has 0 aliphatic rings. The molecule has 3 aromatic rings. The van der Waals surface area contributed by atoms with Crippen molar-refractivity contribution in [3.63, 3.8) is 0 Å². The lowest BCUT2D eigenvalue weighted by Crippen LogP contribution is -2.11. The van der Waals surface area contributed by atoms with E-state index in [-0.39, 0.29) is 30.3 Å². The third-order valence-electron chi connectivity index (χ3n) is 4.45. The molecule has 0 bridgehead atoms. The largest absolute Gasteiger partial charge is 0.490 e. The highest BCUT2D eigenvalue weighted by Gasteiger charge is 2.15. The fourth-order valence-electron chi connectivity index (χ4n) is 2.87. The summed E-state index contributed by atoms with van der Waals surface area (Å²) in [6.45, 7) is 6.13. The van der Waals surface area contributed by atoms with E-state index in [1.54, 1.807) is 12.1 Å². The Morgan fingerprint density at radius 1 is 0.686 bits per heavy atom. The van der Waals surface area contributed by atoms with Crippen LogP contribution in [0.2, 0.25) is 0 Å². The van der Waals surface area contributed by atoms with Gasteiger partial charge in [-0.2, -0.15) is 0 Å². The Balaban J connectivity index is 1.56. The minimum Gasteiger partial charge on any atom is -0.490 e. The zero-order chi connectivity index (χ0) is 25.4. The third kappa shape index (κ3) is 6.73. The number of carbonyl (C=O) groups excluding carboxylic acids is 2. The lowest BCUT2D eigenvalue weighted by atomic mass is 10.0. The summed E-state index contributed by atoms with van der Waals surface area (Å²) in [5.74, 6) is -4.72. The highest BCUT2D eigenvalue weighted by Crippen LogP contribution is 2.29. The van der Waals surface area contributed by atoms with Crippen molar-refractivity contribution in [2.75, 3.05) is 13.2 Å². The first-order chi connectivity index (χ1) is 16.8. The molecule has 0 atom stereocenters. The number of halogens is 3. The van der Waals surface area contributed by atoms with Crippen LogP contribution in [0.5, 0.6) is 23.0 Å². The monoisotopic (exact) mass is 484 g/mol. The molecule has 0 aliphatic heterocycles. The Morgan fingerprint density at radius 3 is 1.77 bits per heavy atom. The maximum Gasteiger partial charge on any atom is 0.335 e. The van der Waals surface area contributed by atoms with Gasteiger partial charge in [0, 0.05) is 35.9 Å². The minimum atomic E-state index is -1.07. The van der Waals surface area contributed by atoms with Crippen LogP contribution in [0.15, 0.2) is 79.9 Å². The summed E-state index contributed by atoms with van der Waals surface area (Å²) < 4.78 is 62.8. The smallest absolute Gasteiger partial charge is 0.335 e. The lowest BCUT2D eigenvalue weighted by molar-refractivity contribution is -0.129. The third-order valence-corrected chi connectivity index (χ3v) is 4.45. The molecule has 0 saturated heterocycles. The molecule has 0 unspecified atom stereocenters. The molecule has 0 aliphatic carbocycles. The average Bonchev–Trinajstić information content (AvgIpc) is 2.83. The number of benzene rings is 3. The van der Waals surface area contributed by atoms with E-state index in [4.69, 9.17) is 14.2 Å². The van der Waals surface area contributed by atoms with Crippen molar-refractivity contribution in [2.24, 2.45) is 0 Å². The highest BCUT2D eigenvalue weighted by atomic mass is 19.1. The van der Waals surface area contributed by atoms with E-state index in [0.717, 1.165) is 30.4 Å². The Morgan fingerprint density at radius 2 is 1.20 bits per heavy atom. The molecule has 0 fully saturated rings. The Labute approximate surface area is 198 Å². The molecule has 3 aromatic carbocycles. The molecule has 3 rings (SSSR count). The number of hydrogen-bond donors (Lipinski definition) is 0. The molecular weight excluding hydrogens is 465 g/mol. The van der Waals surface area contributed by atoms with Gasteiger partial charge in [-0.3, -0.25) is 0 Å². The van der Waals surface area contributed by atoms with Gasteiger partial charge in [0.1, 0.15) is 36.3 Å². The zero-order valence-electron chi connectivity index (χ0n) is 18.3. The van der Waals surface area contributed by atoms with Gasteiger partial charge >= 0.3 is 11.9 Å². The highest BCUT2D eigenvalue weighted by molar-refractivity contribution is 5.83. The van der Waals surface area contributed by atoms with Crippen LogP contribution in [0.4, 0.5) is 13.2 Å². The first kappa shape index (κ1) is 25.1. The fraction of sp³-hybridized carbons (Fsp3) is 0.0769. The average molecular weight is 484 g/mol. The van der Waals surface area contributed by atoms with Gasteiger partial charge in [-0.1, -0.05) is 25.3 Å². The molecule has 0 amide bonds. The van der Waals surface area contributed by atoms with E-state index in [9.17, 15) is 22.8 Å². The number of ether oxygens (including phenoxy) is 4. The van der Waals surface area contributed by atoms with Crippen molar-refractivity contribution in [3.8, 4) is 34.1 Å². The van der Waals surface area contributed by atoms with E-state index in [1.165, 1.54) is 24.3 Å². The number of hydrogen-bond acceptors (Lipinski definition) is 6. The van der Waals surface area contributed by atoms with Gasteiger partial charge in [0.2, 0.25) is 0 Å². The van der Waals surface area contributed by atoms with Crippen LogP contribution in [-0.2, 0) is 9.59 Å². The molecule has 0 spiro atoms. The first-order valence-corrected chi connectivity index (χ1v) is 10.1. The van der Waals surface area contributed by atoms with Crippen molar-refractivity contribution in [2.45, 2.75) is 0 Å². The second kappa shape index (κ2) is 11.6. The molecule has 0 radical (unpaired) electrons. The van der Waals surface area contributed by atoms with E-state index in [2.05, 4.69) is 17.9 Å². The van der Waals surface area contributed by atoms with Gasteiger partial charge < -0.3 is 18.9 Å². The summed E-state index contributed by atoms with van der Waals surface area (Å²) in [5, 5.41) is 0. The molecule has 35 heavy (non-hydrogen) atoms. The standard InChI is InChI=1S/C26H19F3O6/c1-3-24(30)34-17-7-5-16(6-8-17)20-10-9-18(13-21(20)27)32-11-12-33-26-22(28)14-19(15-23(26)29)35-25(31)4-2/h3-10,13-15H,1-2,11-12H2. The van der Waals surface area contributed by atoms with Crippen LogP contribution in [-0.4, -0.2) is 25.2 Å². The Kier molecular flexibility index (Phi) is 8.29. The van der Waals surface area contributed by atoms with Gasteiger partial charge in [0.15, 0.2) is 17.4 Å². The predicted octanol–water partition coefficient (Wildman–Crippen LogP) is 5.41. The molecule has 0 saturated carbocycles. The van der Waals surface area contributed by atoms with Gasteiger partial charge in [-0.25, -0.2) is 22.8 Å². The fourth-order valence-corrected chi connectivity index (χ4v) is 2.87. The van der Waals surface area contributed by atoms with Gasteiger partial charge in [-0.15, -0.1) is 0 Å². The zero-order valence-corrected chi connectivity index (χ0v) is 18.3. The quantitative estimate of drug-likeness (QED) is 0.166. The van der Waals surface area contributed by atoms with Crippen molar-refractivity contribution < 1.29 is 41.7 Å². The summed E-state index contributed by atoms with van der Waals surface area (Å²) in [4.78, 5) is 22.4. The maximum absolute atomic E-state index is 14.6. The van der Waals surface area contributed by atoms with E-state index < -0.39 is 35.1 Å². The summed E-state index contributed by atoms with van der Waals surface area (Å²) in [6.07, 6.45) is 1.89. The van der Waals surface area contributed by atoms with E-state index >= 15 is 0 Å². The van der Waals surface area contributed by atoms with Crippen LogP contribution in [0.25, 0.3) is 11.1 Å². The Hall–Kier alpha value is -4.53. The molecule has 0 aromatic heterocycles. The van der Waals surface area contributed by atoms with Crippen molar-refractivity contribution in [3.05, 3.63) is 97.4 Å². The van der Waals surface area contributed by atoms with Crippen LogP contribution < -0.4 is 18.9 Å². The maximum atomic E-state index is 14.6. The summed E-state index contributed by atoms with van der Waals surface area (Å²) in [7, 11) is 0. The second-order valence-electron chi connectivity index (χ2n) is 6.83. The predicted molar refractivity (Wildman–Crippen MR) is 121 cm³/mol. The number of rotatable bonds is 10. The molecule has 0 heterocycles. The Bertz CT molecular complexity index is 1230. The normalized spacial score (nSPS) is 10.3. The van der Waals surface area contributed by atoms with Gasteiger partial charge in [0.05, 0.1) is 0 Å². The van der Waals surface area contributed by atoms with Crippen molar-refractivity contribution >= 4 is 11.9 Å². The van der Waals surface area contributed by atoms with Crippen LogP contribution >= 0.6 is 0 Å². The van der Waals surface area contributed by atoms with E-state index in [0.29, 0.717) is 11.3 Å². The van der Waals surface area contributed by atoms with Crippen molar-refractivity contribution in [1.82, 2.24) is 0 Å². The van der Waals surface area contributed by atoms with Crippen molar-refractivity contribution in [1.29, 1.82) is 0 Å². The van der Waals surface area contributed by atoms with Crippen LogP contribution in [0.1, 0.15) is 0 Å². The molecular formula is C26H19F3O6.